The molecule has 1 aromatic heterocycles. The van der Waals surface area contributed by atoms with Crippen molar-refractivity contribution in [1.82, 2.24) is 9.88 Å². The number of hydrogen-bond acceptors (Lipinski definition) is 1. The van der Waals surface area contributed by atoms with Gasteiger partial charge in [-0.2, -0.15) is 0 Å². The van der Waals surface area contributed by atoms with Gasteiger partial charge in [-0.1, -0.05) is 13.8 Å². The molecule has 1 fully saturated rings. The fourth-order valence-electron chi connectivity index (χ4n) is 3.06. The number of aromatic nitrogens is 1. The summed E-state index contributed by atoms with van der Waals surface area (Å²) in [5.74, 6) is 1.20. The van der Waals surface area contributed by atoms with Gasteiger partial charge in [0.25, 0.3) is 0 Å². The van der Waals surface area contributed by atoms with Crippen molar-refractivity contribution in [2.45, 2.75) is 26.2 Å². The lowest BCUT2D eigenvalue weighted by Crippen LogP contribution is -2.25. The highest BCUT2D eigenvalue weighted by molar-refractivity contribution is 5.84. The fraction of sp³-hybridized carbons (Fsp3) is 0.500. The lowest BCUT2D eigenvalue weighted by Gasteiger charge is -2.17. The molecule has 1 aliphatic rings. The highest BCUT2D eigenvalue weighted by atomic mass is 19.1. The Hall–Kier alpha value is -1.35. The third-order valence-electron chi connectivity index (χ3n) is 4.38. The van der Waals surface area contributed by atoms with Crippen LogP contribution in [0.3, 0.4) is 0 Å². The minimum absolute atomic E-state index is 0.144. The molecule has 3 heteroatoms. The van der Waals surface area contributed by atoms with Crippen molar-refractivity contribution < 1.29 is 4.39 Å². The molecule has 2 unspecified atom stereocenters. The fourth-order valence-corrected chi connectivity index (χ4v) is 3.06. The smallest absolute Gasteiger partial charge is 0.123 e. The summed E-state index contributed by atoms with van der Waals surface area (Å²) in [4.78, 5) is 5.73. The van der Waals surface area contributed by atoms with Crippen molar-refractivity contribution in [2.75, 3.05) is 19.6 Å². The Kier molecular flexibility index (Phi) is 3.31. The summed E-state index contributed by atoms with van der Waals surface area (Å²) in [6.45, 7) is 7.81. The summed E-state index contributed by atoms with van der Waals surface area (Å²) in [5, 5.41) is 1.06. The van der Waals surface area contributed by atoms with Gasteiger partial charge in [0.05, 0.1) is 0 Å². The summed E-state index contributed by atoms with van der Waals surface area (Å²) >= 11 is 0. The van der Waals surface area contributed by atoms with Gasteiger partial charge in [0.2, 0.25) is 0 Å². The first kappa shape index (κ1) is 12.7. The number of hydrogen-bond donors (Lipinski definition) is 1. The quantitative estimate of drug-likeness (QED) is 0.867. The monoisotopic (exact) mass is 260 g/mol. The van der Waals surface area contributed by atoms with Crippen molar-refractivity contribution >= 4 is 10.9 Å². The molecule has 2 nitrogen and oxygen atoms in total. The van der Waals surface area contributed by atoms with Crippen LogP contribution in [0.2, 0.25) is 0 Å². The number of benzene rings is 1. The molecule has 0 saturated heterocycles. The highest BCUT2D eigenvalue weighted by Crippen LogP contribution is 2.49. The van der Waals surface area contributed by atoms with E-state index in [-0.39, 0.29) is 5.82 Å². The standard InChI is InChI=1S/C16H21FN2/c1-3-19(4-2)10-11-7-13(11)15-9-18-16-6-5-12(17)8-14(15)16/h5-6,8-9,11,13,18H,3-4,7,10H2,1-2H3. The van der Waals surface area contributed by atoms with Gasteiger partial charge in [-0.3, -0.25) is 0 Å². The average molecular weight is 260 g/mol. The van der Waals surface area contributed by atoms with Gasteiger partial charge < -0.3 is 9.88 Å². The molecule has 1 saturated carbocycles. The van der Waals surface area contributed by atoms with Gasteiger partial charge in [0.1, 0.15) is 5.82 Å². The molecule has 1 aromatic carbocycles. The Labute approximate surface area is 113 Å². The molecule has 0 bridgehead atoms. The van der Waals surface area contributed by atoms with E-state index in [4.69, 9.17) is 0 Å². The third-order valence-corrected chi connectivity index (χ3v) is 4.38. The normalized spacial score (nSPS) is 22.3. The first-order valence-corrected chi connectivity index (χ1v) is 7.21. The van der Waals surface area contributed by atoms with E-state index >= 15 is 0 Å². The zero-order valence-corrected chi connectivity index (χ0v) is 11.6. The molecule has 0 radical (unpaired) electrons. The number of aromatic amines is 1. The SMILES string of the molecule is CCN(CC)CC1CC1c1c[nH]c2ccc(F)cc12. The Balaban J connectivity index is 1.78. The van der Waals surface area contributed by atoms with Crippen molar-refractivity contribution in [3.05, 3.63) is 35.8 Å². The molecule has 2 atom stereocenters. The Morgan fingerprint density at radius 2 is 2.11 bits per heavy atom. The van der Waals surface area contributed by atoms with E-state index in [1.54, 1.807) is 6.07 Å². The Morgan fingerprint density at radius 1 is 1.32 bits per heavy atom. The van der Waals surface area contributed by atoms with E-state index in [0.29, 0.717) is 5.92 Å². The molecule has 0 aliphatic heterocycles. The number of fused-ring (bicyclic) bond motifs is 1. The summed E-state index contributed by atoms with van der Waals surface area (Å²) in [6.07, 6.45) is 3.30. The summed E-state index contributed by atoms with van der Waals surface area (Å²) in [5.41, 5.74) is 2.34. The largest absolute Gasteiger partial charge is 0.361 e. The third kappa shape index (κ3) is 2.39. The molecule has 19 heavy (non-hydrogen) atoms. The van der Waals surface area contributed by atoms with Gasteiger partial charge in [-0.25, -0.2) is 4.39 Å². The maximum absolute atomic E-state index is 13.4. The van der Waals surface area contributed by atoms with Crippen LogP contribution in [-0.2, 0) is 0 Å². The number of rotatable bonds is 5. The van der Waals surface area contributed by atoms with Gasteiger partial charge in [-0.15, -0.1) is 0 Å². The van der Waals surface area contributed by atoms with E-state index in [1.807, 2.05) is 6.07 Å². The van der Waals surface area contributed by atoms with Gasteiger partial charge in [0.15, 0.2) is 0 Å². The van der Waals surface area contributed by atoms with Crippen LogP contribution in [0.15, 0.2) is 24.4 Å². The van der Waals surface area contributed by atoms with Crippen molar-refractivity contribution in [3.63, 3.8) is 0 Å². The van der Waals surface area contributed by atoms with Gasteiger partial charge >= 0.3 is 0 Å². The number of H-pyrrole nitrogens is 1. The van der Waals surface area contributed by atoms with Crippen LogP contribution in [0.5, 0.6) is 0 Å². The summed E-state index contributed by atoms with van der Waals surface area (Å²) in [6, 6.07) is 5.01. The first-order chi connectivity index (χ1) is 9.22. The van der Waals surface area contributed by atoms with Crippen LogP contribution in [0, 0.1) is 11.7 Å². The van der Waals surface area contributed by atoms with Gasteiger partial charge in [-0.05, 0) is 55.1 Å². The molecule has 0 amide bonds. The molecule has 3 rings (SSSR count). The maximum atomic E-state index is 13.4. The van der Waals surface area contributed by atoms with E-state index < -0.39 is 0 Å². The zero-order chi connectivity index (χ0) is 13.4. The van der Waals surface area contributed by atoms with Crippen molar-refractivity contribution in [1.29, 1.82) is 0 Å². The minimum Gasteiger partial charge on any atom is -0.361 e. The van der Waals surface area contributed by atoms with Crippen LogP contribution < -0.4 is 0 Å². The van der Waals surface area contributed by atoms with Gasteiger partial charge in [0, 0.05) is 23.6 Å². The molecule has 102 valence electrons. The second-order valence-electron chi connectivity index (χ2n) is 5.52. The highest BCUT2D eigenvalue weighted by Gasteiger charge is 2.40. The van der Waals surface area contributed by atoms with Crippen LogP contribution >= 0.6 is 0 Å². The van der Waals surface area contributed by atoms with Crippen LogP contribution in [0.25, 0.3) is 10.9 Å². The first-order valence-electron chi connectivity index (χ1n) is 7.21. The van der Waals surface area contributed by atoms with Crippen LogP contribution in [0.4, 0.5) is 4.39 Å². The Bertz CT molecular complexity index is 571. The summed E-state index contributed by atoms with van der Waals surface area (Å²) in [7, 11) is 0. The number of nitrogens with one attached hydrogen (secondary N) is 1. The molecule has 1 aliphatic carbocycles. The second kappa shape index (κ2) is 4.97. The second-order valence-corrected chi connectivity index (χ2v) is 5.52. The summed E-state index contributed by atoms with van der Waals surface area (Å²) < 4.78 is 13.4. The van der Waals surface area contributed by atoms with E-state index in [2.05, 4.69) is 29.9 Å². The molecule has 2 aromatic rings. The lowest BCUT2D eigenvalue weighted by molar-refractivity contribution is 0.289. The molecular formula is C16H21FN2. The van der Waals surface area contributed by atoms with E-state index in [9.17, 15) is 4.39 Å². The Morgan fingerprint density at radius 3 is 2.84 bits per heavy atom. The molecule has 1 N–H and O–H groups in total. The van der Waals surface area contributed by atoms with Crippen LogP contribution in [-0.4, -0.2) is 29.5 Å². The minimum atomic E-state index is -0.144. The zero-order valence-electron chi connectivity index (χ0n) is 11.6. The van der Waals surface area contributed by atoms with Crippen molar-refractivity contribution in [3.8, 4) is 0 Å². The average Bonchev–Trinajstić information content (AvgIpc) is 3.06. The van der Waals surface area contributed by atoms with Crippen molar-refractivity contribution in [2.24, 2.45) is 5.92 Å². The van der Waals surface area contributed by atoms with Crippen LogP contribution in [0.1, 0.15) is 31.7 Å². The molecule has 0 spiro atoms. The predicted molar refractivity (Wildman–Crippen MR) is 76.9 cm³/mol. The number of nitrogens with zero attached hydrogens (tertiary/aromatic N) is 1. The predicted octanol–water partition coefficient (Wildman–Crippen LogP) is 3.75. The lowest BCUT2D eigenvalue weighted by atomic mass is 10.1. The maximum Gasteiger partial charge on any atom is 0.123 e. The topological polar surface area (TPSA) is 19.0 Å². The molecular weight excluding hydrogens is 239 g/mol. The van der Waals surface area contributed by atoms with E-state index in [1.165, 1.54) is 24.6 Å². The number of halogens is 1. The van der Waals surface area contributed by atoms with E-state index in [0.717, 1.165) is 29.9 Å². The molecule has 1 heterocycles.